The van der Waals surface area contributed by atoms with Crippen LogP contribution in [0.25, 0.3) is 0 Å². The van der Waals surface area contributed by atoms with Gasteiger partial charge in [0, 0.05) is 6.61 Å². The van der Waals surface area contributed by atoms with Crippen molar-refractivity contribution in [3.63, 3.8) is 0 Å². The van der Waals surface area contributed by atoms with Crippen LogP contribution in [0.3, 0.4) is 0 Å². The summed E-state index contributed by atoms with van der Waals surface area (Å²) in [4.78, 5) is 0. The summed E-state index contributed by atoms with van der Waals surface area (Å²) >= 11 is 0. The van der Waals surface area contributed by atoms with Crippen LogP contribution in [0.1, 0.15) is 127 Å². The van der Waals surface area contributed by atoms with Crippen molar-refractivity contribution in [2.75, 3.05) is 6.61 Å². The van der Waals surface area contributed by atoms with Crippen molar-refractivity contribution in [2.24, 2.45) is 29.1 Å². The van der Waals surface area contributed by atoms with Crippen molar-refractivity contribution >= 4 is 16.6 Å². The molecule has 42 heavy (non-hydrogen) atoms. The average molecular weight is 615 g/mol. The van der Waals surface area contributed by atoms with Gasteiger partial charge in [-0.25, -0.2) is 0 Å². The molecule has 0 amide bonds. The van der Waals surface area contributed by atoms with Crippen molar-refractivity contribution in [1.82, 2.24) is 0 Å². The molecule has 2 nitrogen and oxygen atoms in total. The van der Waals surface area contributed by atoms with E-state index in [9.17, 15) is 0 Å². The zero-order valence-electron chi connectivity index (χ0n) is 30.3. The molecule has 242 valence electrons. The Hall–Kier alpha value is -0.426. The quantitative estimate of drug-likeness (QED) is 0.138. The van der Waals surface area contributed by atoms with Gasteiger partial charge in [0.25, 0.3) is 0 Å². The molecular weight excluding hydrogens is 545 g/mol. The van der Waals surface area contributed by atoms with Crippen LogP contribution in [0.15, 0.2) is 35.5 Å². The Balaban J connectivity index is 1.62. The summed E-state index contributed by atoms with van der Waals surface area (Å²) < 4.78 is 13.4. The molecule has 0 aliphatic heterocycles. The van der Waals surface area contributed by atoms with Gasteiger partial charge in [0.05, 0.1) is 6.10 Å². The Kier molecular flexibility index (Phi) is 11.6. The fourth-order valence-corrected chi connectivity index (χ4v) is 10.2. The van der Waals surface area contributed by atoms with Gasteiger partial charge in [-0.3, -0.25) is 0 Å². The number of fused-ring (bicyclic) bond motifs is 1. The third kappa shape index (κ3) is 8.23. The van der Waals surface area contributed by atoms with E-state index < -0.39 is 16.6 Å². The van der Waals surface area contributed by atoms with Crippen molar-refractivity contribution in [1.29, 1.82) is 0 Å². The van der Waals surface area contributed by atoms with Gasteiger partial charge in [-0.15, -0.1) is 0 Å². The molecule has 3 aliphatic rings. The van der Waals surface area contributed by atoms with E-state index in [1.165, 1.54) is 56.9 Å². The Labute approximate surface area is 264 Å². The fraction of sp³-hybridized carbons (Fsp3) is 0.842. The third-order valence-corrected chi connectivity index (χ3v) is 21.9. The van der Waals surface area contributed by atoms with Crippen molar-refractivity contribution in [3.05, 3.63) is 35.5 Å². The minimum Gasteiger partial charge on any atom is -0.417 e. The largest absolute Gasteiger partial charge is 0.417 e. The van der Waals surface area contributed by atoms with Crippen molar-refractivity contribution < 1.29 is 8.85 Å². The van der Waals surface area contributed by atoms with E-state index >= 15 is 0 Å². The zero-order chi connectivity index (χ0) is 31.7. The molecule has 0 bridgehead atoms. The Morgan fingerprint density at radius 2 is 1.60 bits per heavy atom. The summed E-state index contributed by atoms with van der Waals surface area (Å²) in [6.07, 6.45) is 18.2. The first-order valence-corrected chi connectivity index (χ1v) is 23.4. The lowest BCUT2D eigenvalue weighted by molar-refractivity contribution is 0.0926. The zero-order valence-corrected chi connectivity index (χ0v) is 32.3. The molecule has 4 heteroatoms. The normalized spacial score (nSPS) is 32.5. The molecule has 0 aromatic carbocycles. The van der Waals surface area contributed by atoms with Crippen molar-refractivity contribution in [2.45, 2.75) is 169 Å². The maximum absolute atomic E-state index is 6.92. The molecule has 0 heterocycles. The maximum atomic E-state index is 6.92. The van der Waals surface area contributed by atoms with Gasteiger partial charge >= 0.3 is 0 Å². The van der Waals surface area contributed by atoms with E-state index in [0.29, 0.717) is 16.4 Å². The van der Waals surface area contributed by atoms with Gasteiger partial charge < -0.3 is 8.85 Å². The lowest BCUT2D eigenvalue weighted by Gasteiger charge is -2.44. The summed E-state index contributed by atoms with van der Waals surface area (Å²) in [7, 11) is -3.46. The number of hydrogen-bond acceptors (Lipinski definition) is 2. The second-order valence-electron chi connectivity index (χ2n) is 18.0. The number of unbranched alkanes of at least 4 members (excludes halogenated alkanes) is 1. The smallest absolute Gasteiger partial charge is 0.192 e. The van der Waals surface area contributed by atoms with Gasteiger partial charge in [0.1, 0.15) is 0 Å². The summed E-state index contributed by atoms with van der Waals surface area (Å²) in [5, 5.41) is 0.529. The highest BCUT2D eigenvalue weighted by Gasteiger charge is 2.50. The second-order valence-corrected chi connectivity index (χ2v) is 27.6. The van der Waals surface area contributed by atoms with Crippen LogP contribution in [0.2, 0.25) is 36.3 Å². The van der Waals surface area contributed by atoms with Gasteiger partial charge in [0.2, 0.25) is 0 Å². The molecule has 0 spiro atoms. The van der Waals surface area contributed by atoms with Gasteiger partial charge in [0.15, 0.2) is 16.6 Å². The standard InChI is InChI=1S/C38H70O2Si2/c1-28(18-15-16-25-39-41(11,12)36(4,5)6)33-22-23-34-32(19-17-24-38(33,34)10)21-20-31-26-29(2)30(3)35(27-31)40-42(13,14)37(7,8)9/h20-21,28-29,33-35H,3,15-19,22-27H2,1-2,4-14H3/b31-20-,32-21+/t28-,29-,33-,34+,35-,38-/m1/s1. The molecule has 0 aromatic heterocycles. The molecule has 0 radical (unpaired) electrons. The third-order valence-electron chi connectivity index (χ3n) is 12.9. The Morgan fingerprint density at radius 3 is 2.21 bits per heavy atom. The molecule has 6 atom stereocenters. The predicted molar refractivity (Wildman–Crippen MR) is 190 cm³/mol. The van der Waals surface area contributed by atoms with E-state index in [2.05, 4.69) is 107 Å². The molecule has 3 fully saturated rings. The minimum absolute atomic E-state index is 0.180. The first kappa shape index (κ1) is 36.0. The number of rotatable bonds is 10. The second kappa shape index (κ2) is 13.5. The Morgan fingerprint density at radius 1 is 0.952 bits per heavy atom. The van der Waals surface area contributed by atoms with Crippen molar-refractivity contribution in [3.8, 4) is 0 Å². The highest BCUT2D eigenvalue weighted by molar-refractivity contribution is 6.74. The van der Waals surface area contributed by atoms with E-state index in [4.69, 9.17) is 8.85 Å². The lowest BCUT2D eigenvalue weighted by atomic mass is 9.60. The van der Waals surface area contributed by atoms with Gasteiger partial charge in [-0.1, -0.05) is 105 Å². The molecule has 0 unspecified atom stereocenters. The Bertz CT molecular complexity index is 992. The topological polar surface area (TPSA) is 18.5 Å². The van der Waals surface area contributed by atoms with Gasteiger partial charge in [-0.05, 0) is 122 Å². The molecule has 0 N–H and O–H groups in total. The fourth-order valence-electron chi connectivity index (χ4n) is 7.83. The van der Waals surface area contributed by atoms with Crippen LogP contribution in [-0.4, -0.2) is 29.3 Å². The average Bonchev–Trinajstić information content (AvgIpc) is 3.21. The molecular formula is C38H70O2Si2. The summed E-state index contributed by atoms with van der Waals surface area (Å²) in [6, 6.07) is 0. The maximum Gasteiger partial charge on any atom is 0.192 e. The molecule has 0 saturated heterocycles. The molecule has 3 aliphatic carbocycles. The highest BCUT2D eigenvalue weighted by Crippen LogP contribution is 2.60. The molecule has 3 saturated carbocycles. The van der Waals surface area contributed by atoms with Crippen LogP contribution in [0.5, 0.6) is 0 Å². The van der Waals surface area contributed by atoms with Crippen LogP contribution < -0.4 is 0 Å². The van der Waals surface area contributed by atoms with Crippen LogP contribution in [0.4, 0.5) is 0 Å². The summed E-state index contributed by atoms with van der Waals surface area (Å²) in [6.45, 7) is 36.6. The highest BCUT2D eigenvalue weighted by atomic mass is 28.4. The summed E-state index contributed by atoms with van der Waals surface area (Å²) in [5.74, 6) is 2.94. The monoisotopic (exact) mass is 614 g/mol. The number of hydrogen-bond donors (Lipinski definition) is 0. The van der Waals surface area contributed by atoms with E-state index in [1.54, 1.807) is 11.1 Å². The lowest BCUT2D eigenvalue weighted by Crippen LogP contribution is -2.45. The summed E-state index contributed by atoms with van der Waals surface area (Å²) in [5.41, 5.74) is 5.10. The predicted octanol–water partition coefficient (Wildman–Crippen LogP) is 12.3. The molecule has 3 rings (SSSR count). The van der Waals surface area contributed by atoms with Crippen LogP contribution in [0, 0.1) is 29.1 Å². The van der Waals surface area contributed by atoms with Gasteiger partial charge in [-0.2, -0.15) is 0 Å². The first-order chi connectivity index (χ1) is 19.2. The van der Waals surface area contributed by atoms with Crippen LogP contribution >= 0.6 is 0 Å². The SMILES string of the molecule is C=C1[C@H](C)C/C(=C/C=C2\CCC[C@]3(C)[C@@H]([C@H](C)CCCCO[Si](C)(C)C(C)(C)C)CC[C@@H]23)C[C@H]1O[Si](C)(C)C(C)(C)C. The van der Waals surface area contributed by atoms with E-state index in [1.807, 2.05) is 0 Å². The van der Waals surface area contributed by atoms with Crippen LogP contribution in [-0.2, 0) is 8.85 Å². The molecule has 0 aromatic rings. The minimum atomic E-state index is -1.83. The first-order valence-electron chi connectivity index (χ1n) is 17.6. The van der Waals surface area contributed by atoms with E-state index in [0.717, 1.165) is 37.2 Å². The van der Waals surface area contributed by atoms with E-state index in [-0.39, 0.29) is 11.1 Å². The number of allylic oxidation sites excluding steroid dienone is 3.